The minimum atomic E-state index is 0.537. The normalized spacial score (nSPS) is 10.5. The number of rotatable bonds is 5. The predicted molar refractivity (Wildman–Crippen MR) is 72.9 cm³/mol. The van der Waals surface area contributed by atoms with E-state index >= 15 is 0 Å². The van der Waals surface area contributed by atoms with Crippen molar-refractivity contribution in [2.75, 3.05) is 6.61 Å². The quantitative estimate of drug-likeness (QED) is 0.615. The van der Waals surface area contributed by atoms with Gasteiger partial charge in [-0.2, -0.15) is 4.98 Å². The van der Waals surface area contributed by atoms with Crippen molar-refractivity contribution < 1.29 is 9.26 Å². The van der Waals surface area contributed by atoms with Gasteiger partial charge in [0.25, 0.3) is 5.89 Å². The summed E-state index contributed by atoms with van der Waals surface area (Å²) in [4.78, 5) is 4.15. The number of benzene rings is 1. The topological polar surface area (TPSA) is 48.2 Å². The van der Waals surface area contributed by atoms with Gasteiger partial charge in [0.05, 0.1) is 6.61 Å². The number of hydrogen-bond donors (Lipinski definition) is 0. The molecular formula is C12H13IN2O2. The molecule has 1 aromatic carbocycles. The largest absolute Gasteiger partial charge is 0.494 e. The second-order valence-electron chi connectivity index (χ2n) is 3.59. The van der Waals surface area contributed by atoms with Crippen molar-refractivity contribution >= 4 is 22.6 Å². The van der Waals surface area contributed by atoms with E-state index in [2.05, 4.69) is 17.1 Å². The van der Waals surface area contributed by atoms with E-state index in [0.717, 1.165) is 30.8 Å². The first kappa shape index (κ1) is 12.3. The van der Waals surface area contributed by atoms with E-state index in [1.807, 2.05) is 46.9 Å². The van der Waals surface area contributed by atoms with Crippen molar-refractivity contribution in [2.45, 2.75) is 19.8 Å². The molecule has 0 bridgehead atoms. The summed E-state index contributed by atoms with van der Waals surface area (Å²) in [5.41, 5.74) is 0.906. The maximum absolute atomic E-state index is 5.57. The van der Waals surface area contributed by atoms with Crippen LogP contribution in [0.2, 0.25) is 0 Å². The minimum Gasteiger partial charge on any atom is -0.494 e. The first-order chi connectivity index (χ1) is 8.29. The lowest BCUT2D eigenvalue weighted by atomic mass is 10.2. The average Bonchev–Trinajstić information content (AvgIpc) is 2.77. The van der Waals surface area contributed by atoms with Gasteiger partial charge in [0.2, 0.25) is 3.83 Å². The Balaban J connectivity index is 2.02. The molecule has 0 N–H and O–H groups in total. The molecule has 5 heteroatoms. The lowest BCUT2D eigenvalue weighted by Gasteiger charge is -2.04. The molecule has 2 aromatic rings. The number of halogens is 1. The highest BCUT2D eigenvalue weighted by atomic mass is 127. The molecule has 0 fully saturated rings. The van der Waals surface area contributed by atoms with Crippen molar-refractivity contribution in [3.63, 3.8) is 0 Å². The molecule has 17 heavy (non-hydrogen) atoms. The number of ether oxygens (including phenoxy) is 1. The van der Waals surface area contributed by atoms with Crippen LogP contribution in [0.4, 0.5) is 0 Å². The van der Waals surface area contributed by atoms with Gasteiger partial charge < -0.3 is 9.26 Å². The zero-order chi connectivity index (χ0) is 12.1. The number of nitrogens with zero attached hydrogens (tertiary/aromatic N) is 2. The van der Waals surface area contributed by atoms with Gasteiger partial charge >= 0.3 is 0 Å². The highest BCUT2D eigenvalue weighted by Gasteiger charge is 2.06. The summed E-state index contributed by atoms with van der Waals surface area (Å²) >= 11 is 2.02. The molecule has 0 spiro atoms. The Morgan fingerprint density at radius 1 is 1.29 bits per heavy atom. The van der Waals surface area contributed by atoms with Gasteiger partial charge in [-0.1, -0.05) is 18.5 Å². The summed E-state index contributed by atoms with van der Waals surface area (Å²) in [6.45, 7) is 2.90. The van der Waals surface area contributed by atoms with Crippen LogP contribution in [0, 0.1) is 3.83 Å². The molecule has 0 radical (unpaired) electrons. The third-order valence-corrected chi connectivity index (χ3v) is 2.71. The Bertz CT molecular complexity index is 468. The highest BCUT2D eigenvalue weighted by Crippen LogP contribution is 2.21. The summed E-state index contributed by atoms with van der Waals surface area (Å²) in [7, 11) is 0. The number of unbranched alkanes of at least 4 members (excludes halogenated alkanes) is 1. The van der Waals surface area contributed by atoms with Crippen molar-refractivity contribution in [3.8, 4) is 17.2 Å². The van der Waals surface area contributed by atoms with Crippen LogP contribution >= 0.6 is 22.6 Å². The van der Waals surface area contributed by atoms with Gasteiger partial charge in [-0.05, 0) is 30.7 Å². The summed E-state index contributed by atoms with van der Waals surface area (Å²) in [5.74, 6) is 1.41. The van der Waals surface area contributed by atoms with Crippen molar-refractivity contribution in [3.05, 3.63) is 28.1 Å². The van der Waals surface area contributed by atoms with E-state index in [4.69, 9.17) is 9.26 Å². The molecular weight excluding hydrogens is 331 g/mol. The number of hydrogen-bond acceptors (Lipinski definition) is 4. The van der Waals surface area contributed by atoms with Crippen LogP contribution in [-0.4, -0.2) is 16.7 Å². The Morgan fingerprint density at radius 2 is 2.06 bits per heavy atom. The average molecular weight is 344 g/mol. The van der Waals surface area contributed by atoms with Crippen LogP contribution in [0.3, 0.4) is 0 Å². The molecule has 0 atom stereocenters. The minimum absolute atomic E-state index is 0.537. The Kier molecular flexibility index (Phi) is 4.36. The SMILES string of the molecule is CCCCOc1ccc(-c2nc(I)no2)cc1. The van der Waals surface area contributed by atoms with Gasteiger partial charge in [-0.25, -0.2) is 0 Å². The zero-order valence-corrected chi connectivity index (χ0v) is 11.7. The van der Waals surface area contributed by atoms with E-state index in [9.17, 15) is 0 Å². The second kappa shape index (κ2) is 6.00. The fraction of sp³-hybridized carbons (Fsp3) is 0.333. The van der Waals surface area contributed by atoms with Crippen LogP contribution in [-0.2, 0) is 0 Å². The third kappa shape index (κ3) is 3.42. The van der Waals surface area contributed by atoms with Crippen molar-refractivity contribution in [2.24, 2.45) is 0 Å². The molecule has 0 amide bonds. The van der Waals surface area contributed by atoms with Gasteiger partial charge in [0.15, 0.2) is 0 Å². The molecule has 0 aliphatic carbocycles. The first-order valence-electron chi connectivity index (χ1n) is 5.52. The standard InChI is InChI=1S/C12H13IN2O2/c1-2-3-8-16-10-6-4-9(5-7-10)11-14-12(13)15-17-11/h4-7H,2-3,8H2,1H3. The lowest BCUT2D eigenvalue weighted by molar-refractivity contribution is 0.309. The molecule has 1 aromatic heterocycles. The van der Waals surface area contributed by atoms with E-state index in [-0.39, 0.29) is 0 Å². The molecule has 0 aliphatic rings. The summed E-state index contributed by atoms with van der Waals surface area (Å²) in [5, 5.41) is 3.75. The first-order valence-corrected chi connectivity index (χ1v) is 6.60. The zero-order valence-electron chi connectivity index (χ0n) is 9.52. The fourth-order valence-electron chi connectivity index (χ4n) is 1.35. The van der Waals surface area contributed by atoms with E-state index < -0.39 is 0 Å². The summed E-state index contributed by atoms with van der Waals surface area (Å²) in [6, 6.07) is 7.68. The van der Waals surface area contributed by atoms with Crippen molar-refractivity contribution in [1.82, 2.24) is 10.1 Å². The van der Waals surface area contributed by atoms with Crippen molar-refractivity contribution in [1.29, 1.82) is 0 Å². The third-order valence-electron chi connectivity index (χ3n) is 2.27. The second-order valence-corrected chi connectivity index (χ2v) is 4.56. The number of aromatic nitrogens is 2. The molecule has 0 unspecified atom stereocenters. The summed E-state index contributed by atoms with van der Waals surface area (Å²) < 4.78 is 11.3. The Morgan fingerprint density at radius 3 is 2.65 bits per heavy atom. The van der Waals surface area contributed by atoms with Gasteiger partial charge in [0, 0.05) is 28.2 Å². The highest BCUT2D eigenvalue weighted by molar-refractivity contribution is 14.1. The predicted octanol–water partition coefficient (Wildman–Crippen LogP) is 3.52. The molecule has 4 nitrogen and oxygen atoms in total. The van der Waals surface area contributed by atoms with Crippen LogP contribution in [0.25, 0.3) is 11.5 Å². The van der Waals surface area contributed by atoms with Gasteiger partial charge in [-0.15, -0.1) is 0 Å². The Hall–Kier alpha value is -1.11. The molecule has 0 saturated carbocycles. The van der Waals surface area contributed by atoms with E-state index in [1.54, 1.807) is 0 Å². The fourth-order valence-corrected chi connectivity index (χ4v) is 1.67. The van der Waals surface area contributed by atoms with Crippen LogP contribution in [0.15, 0.2) is 28.8 Å². The molecule has 90 valence electrons. The van der Waals surface area contributed by atoms with Gasteiger partial charge in [-0.3, -0.25) is 0 Å². The van der Waals surface area contributed by atoms with Gasteiger partial charge in [0.1, 0.15) is 5.75 Å². The smallest absolute Gasteiger partial charge is 0.258 e. The Labute approximate surface area is 114 Å². The molecule has 2 rings (SSSR count). The van der Waals surface area contributed by atoms with Crippen LogP contribution in [0.5, 0.6) is 5.75 Å². The maximum Gasteiger partial charge on any atom is 0.258 e. The van der Waals surface area contributed by atoms with Crippen LogP contribution < -0.4 is 4.74 Å². The van der Waals surface area contributed by atoms with E-state index in [1.165, 1.54) is 0 Å². The molecule has 0 saturated heterocycles. The molecule has 1 heterocycles. The molecule has 0 aliphatic heterocycles. The summed E-state index contributed by atoms with van der Waals surface area (Å²) in [6.07, 6.45) is 2.21. The monoisotopic (exact) mass is 344 g/mol. The maximum atomic E-state index is 5.57. The van der Waals surface area contributed by atoms with Crippen LogP contribution in [0.1, 0.15) is 19.8 Å². The van der Waals surface area contributed by atoms with E-state index in [0.29, 0.717) is 9.72 Å². The lowest BCUT2D eigenvalue weighted by Crippen LogP contribution is -1.95.